The number of allylic oxidation sites excluding steroid dienone is 1. The molecule has 7 heteroatoms. The second-order valence-electron chi connectivity index (χ2n) is 10.2. The van der Waals surface area contributed by atoms with Gasteiger partial charge in [-0.1, -0.05) is 43.7 Å². The number of nitrogens with one attached hydrogen (secondary N) is 1. The van der Waals surface area contributed by atoms with Crippen LogP contribution >= 0.6 is 0 Å². The molecule has 3 aliphatic rings. The molecule has 2 saturated carbocycles. The second kappa shape index (κ2) is 9.74. The first-order valence-corrected chi connectivity index (χ1v) is 12.5. The molecule has 2 aliphatic carbocycles. The molecule has 0 amide bonds. The molecule has 1 aliphatic heterocycles. The summed E-state index contributed by atoms with van der Waals surface area (Å²) < 4.78 is 14.1. The fraction of sp³-hybridized carbons (Fsp3) is 0.556. The Labute approximate surface area is 201 Å². The maximum Gasteiger partial charge on any atom is 0.163 e. The number of aliphatic hydroxyl groups is 1. The number of nitrogens with zero attached hydrogens (tertiary/aromatic N) is 3. The van der Waals surface area contributed by atoms with Crippen LogP contribution in [0.15, 0.2) is 48.0 Å². The normalized spacial score (nSPS) is 28.7. The van der Waals surface area contributed by atoms with Crippen molar-refractivity contribution < 1.29 is 14.6 Å². The first-order valence-electron chi connectivity index (χ1n) is 12.5. The summed E-state index contributed by atoms with van der Waals surface area (Å²) in [5, 5.41) is 18.3. The predicted molar refractivity (Wildman–Crippen MR) is 133 cm³/mol. The molecule has 182 valence electrons. The third-order valence-corrected chi connectivity index (χ3v) is 7.40. The molecule has 1 aromatic heterocycles. The Hall–Kier alpha value is -2.32. The molecule has 2 heterocycles. The zero-order valence-corrected chi connectivity index (χ0v) is 20.2. The van der Waals surface area contributed by atoms with Gasteiger partial charge in [0.05, 0.1) is 18.5 Å². The molecule has 0 unspecified atom stereocenters. The van der Waals surface area contributed by atoms with Crippen LogP contribution < -0.4 is 5.32 Å². The van der Waals surface area contributed by atoms with E-state index in [1.165, 1.54) is 31.2 Å². The molecule has 3 fully saturated rings. The van der Waals surface area contributed by atoms with E-state index in [4.69, 9.17) is 14.6 Å². The lowest BCUT2D eigenvalue weighted by atomic mass is 9.95. The summed E-state index contributed by atoms with van der Waals surface area (Å²) in [5.41, 5.74) is 3.44. The molecule has 0 radical (unpaired) electrons. The van der Waals surface area contributed by atoms with Gasteiger partial charge in [-0.3, -0.25) is 5.32 Å². The monoisotopic (exact) mass is 464 g/mol. The molecule has 0 bridgehead atoms. The predicted octanol–water partition coefficient (Wildman–Crippen LogP) is 4.54. The topological polar surface area (TPSA) is 80.9 Å². The minimum absolute atomic E-state index is 0.0639. The third-order valence-electron chi connectivity index (χ3n) is 7.40. The van der Waals surface area contributed by atoms with Crippen molar-refractivity contribution in [2.75, 3.05) is 6.61 Å². The van der Waals surface area contributed by atoms with E-state index in [0.717, 1.165) is 23.5 Å². The zero-order valence-electron chi connectivity index (χ0n) is 20.2. The number of hydrogen-bond donors (Lipinski definition) is 2. The summed E-state index contributed by atoms with van der Waals surface area (Å²) in [6.07, 6.45) is 9.16. The molecule has 7 nitrogen and oxygen atoms in total. The van der Waals surface area contributed by atoms with E-state index in [1.54, 1.807) is 12.3 Å². The standard InChI is InChI=1S/C27H36N4O3/c1-4-12-28-24-15-22(20-11-7-10-19(13-20)18-8-5-6-9-18)30-31(24)17-29-23-14-21(16-32)25-26(23)34-27(2,3)33-25/h4,7,10-13,15,18,21,23,25-26,29,32H,1,5-6,8-9,14,16-17H2,2-3H3/b28-12-/t21-,23-,25-,26+/m1/s1. The van der Waals surface area contributed by atoms with E-state index in [1.807, 2.05) is 24.6 Å². The fourth-order valence-electron chi connectivity index (χ4n) is 5.78. The molecule has 0 spiro atoms. The van der Waals surface area contributed by atoms with Crippen LogP contribution in [0.4, 0.5) is 5.82 Å². The van der Waals surface area contributed by atoms with Crippen molar-refractivity contribution in [2.24, 2.45) is 10.9 Å². The Balaban J connectivity index is 1.35. The summed E-state index contributed by atoms with van der Waals surface area (Å²) >= 11 is 0. The smallest absolute Gasteiger partial charge is 0.163 e. The van der Waals surface area contributed by atoms with Crippen LogP contribution in [0.2, 0.25) is 0 Å². The van der Waals surface area contributed by atoms with Crippen LogP contribution in [0.3, 0.4) is 0 Å². The number of benzene rings is 1. The van der Waals surface area contributed by atoms with Gasteiger partial charge in [0.1, 0.15) is 6.10 Å². The average molecular weight is 465 g/mol. The summed E-state index contributed by atoms with van der Waals surface area (Å²) in [4.78, 5) is 4.56. The lowest BCUT2D eigenvalue weighted by Gasteiger charge is -2.23. The van der Waals surface area contributed by atoms with Gasteiger partial charge in [-0.25, -0.2) is 9.67 Å². The van der Waals surface area contributed by atoms with Crippen LogP contribution in [-0.2, 0) is 16.1 Å². The molecular formula is C27H36N4O3. The first kappa shape index (κ1) is 23.4. The lowest BCUT2D eigenvalue weighted by molar-refractivity contribution is -0.160. The van der Waals surface area contributed by atoms with Crippen molar-refractivity contribution in [3.05, 3.63) is 48.6 Å². The van der Waals surface area contributed by atoms with Gasteiger partial charge in [0, 0.05) is 36.4 Å². The Morgan fingerprint density at radius 3 is 2.79 bits per heavy atom. The van der Waals surface area contributed by atoms with Crippen LogP contribution in [0, 0.1) is 5.92 Å². The number of aromatic nitrogens is 2. The second-order valence-corrected chi connectivity index (χ2v) is 10.2. The van der Waals surface area contributed by atoms with Crippen molar-refractivity contribution in [1.29, 1.82) is 0 Å². The van der Waals surface area contributed by atoms with Crippen LogP contribution in [0.1, 0.15) is 57.4 Å². The van der Waals surface area contributed by atoms with Crippen LogP contribution in [-0.4, -0.2) is 51.7 Å². The van der Waals surface area contributed by atoms with Gasteiger partial charge in [-0.15, -0.1) is 0 Å². The van der Waals surface area contributed by atoms with Crippen molar-refractivity contribution in [2.45, 2.75) is 82.6 Å². The van der Waals surface area contributed by atoms with Gasteiger partial charge in [0.15, 0.2) is 11.6 Å². The molecule has 2 aromatic rings. The van der Waals surface area contributed by atoms with Crippen molar-refractivity contribution >= 4 is 12.0 Å². The Morgan fingerprint density at radius 1 is 1.24 bits per heavy atom. The van der Waals surface area contributed by atoms with E-state index in [0.29, 0.717) is 12.6 Å². The molecule has 34 heavy (non-hydrogen) atoms. The maximum atomic E-state index is 9.85. The molecule has 4 atom stereocenters. The van der Waals surface area contributed by atoms with E-state index >= 15 is 0 Å². The summed E-state index contributed by atoms with van der Waals surface area (Å²) in [5.74, 6) is 0.862. The minimum atomic E-state index is -0.633. The van der Waals surface area contributed by atoms with Gasteiger partial charge in [-0.2, -0.15) is 5.10 Å². The average Bonchev–Trinajstić information content (AvgIpc) is 3.60. The third kappa shape index (κ3) is 4.75. The van der Waals surface area contributed by atoms with E-state index in [2.05, 4.69) is 41.2 Å². The Kier molecular flexibility index (Phi) is 6.71. The highest BCUT2D eigenvalue weighted by Gasteiger charge is 2.53. The molecule has 1 aromatic carbocycles. The number of hydrogen-bond acceptors (Lipinski definition) is 6. The lowest BCUT2D eigenvalue weighted by Crippen LogP contribution is -2.40. The largest absolute Gasteiger partial charge is 0.396 e. The van der Waals surface area contributed by atoms with Gasteiger partial charge in [0.25, 0.3) is 0 Å². The summed E-state index contributed by atoms with van der Waals surface area (Å²) in [6, 6.07) is 10.9. The highest BCUT2D eigenvalue weighted by molar-refractivity contribution is 5.74. The van der Waals surface area contributed by atoms with Gasteiger partial charge in [0.2, 0.25) is 0 Å². The van der Waals surface area contributed by atoms with E-state index < -0.39 is 5.79 Å². The first-order chi connectivity index (χ1) is 16.5. The maximum absolute atomic E-state index is 9.85. The van der Waals surface area contributed by atoms with Gasteiger partial charge < -0.3 is 14.6 Å². The summed E-state index contributed by atoms with van der Waals surface area (Å²) in [7, 11) is 0. The minimum Gasteiger partial charge on any atom is -0.396 e. The quantitative estimate of drug-likeness (QED) is 0.561. The zero-order chi connectivity index (χ0) is 23.7. The number of rotatable bonds is 8. The highest BCUT2D eigenvalue weighted by Crippen LogP contribution is 2.41. The van der Waals surface area contributed by atoms with Gasteiger partial charge >= 0.3 is 0 Å². The van der Waals surface area contributed by atoms with Crippen molar-refractivity contribution in [1.82, 2.24) is 15.1 Å². The number of fused-ring (bicyclic) bond motifs is 1. The molecular weight excluding hydrogens is 428 g/mol. The number of ether oxygens (including phenoxy) is 2. The molecule has 5 rings (SSSR count). The van der Waals surface area contributed by atoms with Crippen LogP contribution in [0.5, 0.6) is 0 Å². The Morgan fingerprint density at radius 2 is 2.03 bits per heavy atom. The Bertz CT molecular complexity index is 1040. The SMILES string of the molecule is C=C/C=N\c1cc(-c2cccc(C3CCCC3)c2)nn1CN[C@@H]1C[C@H](CO)[C@H]2OC(C)(C)O[C@H]21. The highest BCUT2D eigenvalue weighted by atomic mass is 16.8. The fourth-order valence-corrected chi connectivity index (χ4v) is 5.78. The van der Waals surface area contributed by atoms with Crippen LogP contribution in [0.25, 0.3) is 11.3 Å². The summed E-state index contributed by atoms with van der Waals surface area (Å²) in [6.45, 7) is 8.19. The molecule has 2 N–H and O–H groups in total. The van der Waals surface area contributed by atoms with Crippen molar-refractivity contribution in [3.8, 4) is 11.3 Å². The van der Waals surface area contributed by atoms with E-state index in [9.17, 15) is 5.11 Å². The number of aliphatic hydroxyl groups excluding tert-OH is 1. The van der Waals surface area contributed by atoms with E-state index in [-0.39, 0.29) is 30.8 Å². The van der Waals surface area contributed by atoms with Gasteiger partial charge in [-0.05, 0) is 50.7 Å². The van der Waals surface area contributed by atoms with Crippen molar-refractivity contribution in [3.63, 3.8) is 0 Å². The molecule has 1 saturated heterocycles. The number of aliphatic imine (C=N–C) groups is 1.